The standard InChI is InChI=1S/C15H22N2O3/c18-12-2-1-3-15(20)17-10-8-16(9-11-17)13-4-6-14(19)7-5-13/h4-7,18-19H,1-3,8-12H2. The van der Waals surface area contributed by atoms with Gasteiger partial charge in [-0.3, -0.25) is 4.79 Å². The molecule has 0 saturated carbocycles. The van der Waals surface area contributed by atoms with Crippen molar-refractivity contribution < 1.29 is 15.0 Å². The lowest BCUT2D eigenvalue weighted by atomic mass is 10.2. The molecular formula is C15H22N2O3. The molecule has 1 aromatic carbocycles. The molecule has 1 heterocycles. The first-order valence-corrected chi connectivity index (χ1v) is 7.13. The zero-order valence-electron chi connectivity index (χ0n) is 11.7. The Kier molecular flexibility index (Phi) is 5.24. The van der Waals surface area contributed by atoms with Gasteiger partial charge in [-0.1, -0.05) is 0 Å². The molecule has 1 saturated heterocycles. The van der Waals surface area contributed by atoms with E-state index in [4.69, 9.17) is 5.11 Å². The fourth-order valence-electron chi connectivity index (χ4n) is 2.42. The summed E-state index contributed by atoms with van der Waals surface area (Å²) in [5.74, 6) is 0.454. The van der Waals surface area contributed by atoms with Gasteiger partial charge in [0.2, 0.25) is 5.91 Å². The van der Waals surface area contributed by atoms with Crippen LogP contribution < -0.4 is 4.90 Å². The number of phenolic OH excluding ortho intramolecular Hbond substituents is 1. The predicted octanol–water partition coefficient (Wildman–Crippen LogP) is 1.20. The molecule has 0 unspecified atom stereocenters. The molecule has 2 N–H and O–H groups in total. The highest BCUT2D eigenvalue weighted by Gasteiger charge is 2.20. The van der Waals surface area contributed by atoms with E-state index in [-0.39, 0.29) is 18.3 Å². The summed E-state index contributed by atoms with van der Waals surface area (Å²) < 4.78 is 0. The highest BCUT2D eigenvalue weighted by molar-refractivity contribution is 5.76. The van der Waals surface area contributed by atoms with Gasteiger partial charge in [-0.15, -0.1) is 0 Å². The maximum atomic E-state index is 12.0. The van der Waals surface area contributed by atoms with Crippen LogP contribution in [0.15, 0.2) is 24.3 Å². The number of hydrogen-bond acceptors (Lipinski definition) is 4. The van der Waals surface area contributed by atoms with E-state index in [1.54, 1.807) is 12.1 Å². The van der Waals surface area contributed by atoms with Gasteiger partial charge in [0.05, 0.1) is 0 Å². The van der Waals surface area contributed by atoms with Crippen LogP contribution in [0.1, 0.15) is 19.3 Å². The van der Waals surface area contributed by atoms with E-state index in [9.17, 15) is 9.90 Å². The second-order valence-corrected chi connectivity index (χ2v) is 5.06. The molecule has 0 radical (unpaired) electrons. The third-order valence-electron chi connectivity index (χ3n) is 3.65. The number of unbranched alkanes of at least 4 members (excludes halogenated alkanes) is 1. The van der Waals surface area contributed by atoms with Crippen LogP contribution in [0, 0.1) is 0 Å². The smallest absolute Gasteiger partial charge is 0.222 e. The molecule has 1 aliphatic heterocycles. The molecule has 20 heavy (non-hydrogen) atoms. The topological polar surface area (TPSA) is 64.0 Å². The van der Waals surface area contributed by atoms with Crippen molar-refractivity contribution in [3.8, 4) is 5.75 Å². The largest absolute Gasteiger partial charge is 0.508 e. The van der Waals surface area contributed by atoms with Gasteiger partial charge in [0.15, 0.2) is 0 Å². The minimum absolute atomic E-state index is 0.155. The van der Waals surface area contributed by atoms with Crippen LogP contribution in [-0.2, 0) is 4.79 Å². The molecule has 1 amide bonds. The van der Waals surface area contributed by atoms with Crippen molar-refractivity contribution in [1.82, 2.24) is 4.90 Å². The van der Waals surface area contributed by atoms with Gasteiger partial charge < -0.3 is 20.0 Å². The van der Waals surface area contributed by atoms with E-state index in [0.717, 1.165) is 38.3 Å². The normalized spacial score (nSPS) is 15.4. The number of nitrogens with zero attached hydrogens (tertiary/aromatic N) is 2. The molecule has 2 rings (SSSR count). The minimum atomic E-state index is 0.155. The van der Waals surface area contributed by atoms with Gasteiger partial charge in [-0.05, 0) is 37.1 Å². The number of hydrogen-bond donors (Lipinski definition) is 2. The highest BCUT2D eigenvalue weighted by atomic mass is 16.3. The number of piperazine rings is 1. The molecule has 110 valence electrons. The number of rotatable bonds is 5. The molecule has 0 aromatic heterocycles. The highest BCUT2D eigenvalue weighted by Crippen LogP contribution is 2.20. The molecule has 0 bridgehead atoms. The zero-order chi connectivity index (χ0) is 14.4. The maximum Gasteiger partial charge on any atom is 0.222 e. The van der Waals surface area contributed by atoms with E-state index in [1.165, 1.54) is 0 Å². The summed E-state index contributed by atoms with van der Waals surface area (Å²) in [5, 5.41) is 18.0. The summed E-state index contributed by atoms with van der Waals surface area (Å²) in [5.41, 5.74) is 1.08. The van der Waals surface area contributed by atoms with Crippen molar-refractivity contribution in [1.29, 1.82) is 0 Å². The average molecular weight is 278 g/mol. The molecule has 5 nitrogen and oxygen atoms in total. The minimum Gasteiger partial charge on any atom is -0.508 e. The van der Waals surface area contributed by atoms with Crippen LogP contribution in [0.2, 0.25) is 0 Å². The summed E-state index contributed by atoms with van der Waals surface area (Å²) in [6, 6.07) is 7.16. The number of aromatic hydroxyl groups is 1. The van der Waals surface area contributed by atoms with E-state index in [1.807, 2.05) is 17.0 Å². The Labute approximate surface area is 119 Å². The summed E-state index contributed by atoms with van der Waals surface area (Å²) in [6.07, 6.45) is 1.98. The molecule has 0 spiro atoms. The Balaban J connectivity index is 1.80. The fourth-order valence-corrected chi connectivity index (χ4v) is 2.42. The number of anilines is 1. The second-order valence-electron chi connectivity index (χ2n) is 5.06. The van der Waals surface area contributed by atoms with Crippen molar-refractivity contribution in [3.63, 3.8) is 0 Å². The van der Waals surface area contributed by atoms with Gasteiger partial charge in [-0.2, -0.15) is 0 Å². The Morgan fingerprint density at radius 2 is 1.70 bits per heavy atom. The summed E-state index contributed by atoms with van der Waals surface area (Å²) in [6.45, 7) is 3.26. The first kappa shape index (κ1) is 14.7. The van der Waals surface area contributed by atoms with Gasteiger partial charge in [0.25, 0.3) is 0 Å². The number of amides is 1. The molecule has 0 aliphatic carbocycles. The van der Waals surface area contributed by atoms with Crippen molar-refractivity contribution in [2.24, 2.45) is 0 Å². The second kappa shape index (κ2) is 7.14. The Hall–Kier alpha value is -1.75. The number of phenols is 1. The first-order valence-electron chi connectivity index (χ1n) is 7.13. The number of aliphatic hydroxyl groups excluding tert-OH is 1. The van der Waals surface area contributed by atoms with Crippen molar-refractivity contribution >= 4 is 11.6 Å². The van der Waals surface area contributed by atoms with Crippen LogP contribution in [0.3, 0.4) is 0 Å². The van der Waals surface area contributed by atoms with Gasteiger partial charge in [0.1, 0.15) is 5.75 Å². The van der Waals surface area contributed by atoms with Crippen molar-refractivity contribution in [3.05, 3.63) is 24.3 Å². The van der Waals surface area contributed by atoms with Gasteiger partial charge in [-0.25, -0.2) is 0 Å². The molecule has 0 atom stereocenters. The van der Waals surface area contributed by atoms with E-state index in [0.29, 0.717) is 12.8 Å². The molecule has 1 aliphatic rings. The molecule has 1 aromatic rings. The van der Waals surface area contributed by atoms with Crippen LogP contribution >= 0.6 is 0 Å². The fraction of sp³-hybridized carbons (Fsp3) is 0.533. The van der Waals surface area contributed by atoms with E-state index in [2.05, 4.69) is 4.90 Å². The summed E-state index contributed by atoms with van der Waals surface area (Å²) >= 11 is 0. The van der Waals surface area contributed by atoms with Crippen molar-refractivity contribution in [2.45, 2.75) is 19.3 Å². The maximum absolute atomic E-state index is 12.0. The van der Waals surface area contributed by atoms with Gasteiger partial charge in [0, 0.05) is 44.9 Å². The quantitative estimate of drug-likeness (QED) is 0.795. The third-order valence-corrected chi connectivity index (χ3v) is 3.65. The zero-order valence-corrected chi connectivity index (χ0v) is 11.7. The first-order chi connectivity index (χ1) is 9.70. The molecular weight excluding hydrogens is 256 g/mol. The number of carbonyl (C=O) groups excluding carboxylic acids is 1. The SMILES string of the molecule is O=C(CCCCO)N1CCN(c2ccc(O)cc2)CC1. The number of benzene rings is 1. The van der Waals surface area contributed by atoms with Crippen LogP contribution in [0.4, 0.5) is 5.69 Å². The van der Waals surface area contributed by atoms with Crippen molar-refractivity contribution in [2.75, 3.05) is 37.7 Å². The lowest BCUT2D eigenvalue weighted by Gasteiger charge is -2.36. The van der Waals surface area contributed by atoms with E-state index >= 15 is 0 Å². The van der Waals surface area contributed by atoms with Crippen LogP contribution in [-0.4, -0.2) is 53.8 Å². The van der Waals surface area contributed by atoms with Crippen LogP contribution in [0.25, 0.3) is 0 Å². The molecule has 1 fully saturated rings. The Morgan fingerprint density at radius 3 is 2.30 bits per heavy atom. The lowest BCUT2D eigenvalue weighted by molar-refractivity contribution is -0.131. The molecule has 5 heteroatoms. The monoisotopic (exact) mass is 278 g/mol. The van der Waals surface area contributed by atoms with Crippen LogP contribution in [0.5, 0.6) is 5.75 Å². The van der Waals surface area contributed by atoms with Gasteiger partial charge >= 0.3 is 0 Å². The summed E-state index contributed by atoms with van der Waals surface area (Å²) in [7, 11) is 0. The Bertz CT molecular complexity index is 425. The summed E-state index contributed by atoms with van der Waals surface area (Å²) in [4.78, 5) is 16.1. The predicted molar refractivity (Wildman–Crippen MR) is 77.8 cm³/mol. The lowest BCUT2D eigenvalue weighted by Crippen LogP contribution is -2.48. The van der Waals surface area contributed by atoms with E-state index < -0.39 is 0 Å². The Morgan fingerprint density at radius 1 is 1.05 bits per heavy atom. The third kappa shape index (κ3) is 3.87. The average Bonchev–Trinajstić information content (AvgIpc) is 2.48. The number of aliphatic hydroxyl groups is 1. The number of carbonyl (C=O) groups is 1.